The quantitative estimate of drug-likeness (QED) is 0.552. The van der Waals surface area contributed by atoms with Gasteiger partial charge in [0.15, 0.2) is 0 Å². The number of unbranched alkanes of at least 4 members (excludes halogenated alkanes) is 2. The van der Waals surface area contributed by atoms with Crippen LogP contribution >= 0.6 is 0 Å². The van der Waals surface area contributed by atoms with Crippen molar-refractivity contribution in [2.45, 2.75) is 25.4 Å². The van der Waals surface area contributed by atoms with E-state index in [4.69, 9.17) is 5.73 Å². The molecule has 8 heteroatoms. The van der Waals surface area contributed by atoms with Crippen molar-refractivity contribution in [3.63, 3.8) is 0 Å². The van der Waals surface area contributed by atoms with Gasteiger partial charge in [0.2, 0.25) is 0 Å². The van der Waals surface area contributed by atoms with Gasteiger partial charge >= 0.3 is 6.18 Å². The molecule has 3 rings (SSSR count). The van der Waals surface area contributed by atoms with Crippen molar-refractivity contribution >= 4 is 23.2 Å². The molecule has 0 saturated heterocycles. The molecule has 0 spiro atoms. The number of nitrogens with two attached hydrogens (primary N) is 1. The summed E-state index contributed by atoms with van der Waals surface area (Å²) < 4.78 is 38.2. The van der Waals surface area contributed by atoms with Gasteiger partial charge in [-0.3, -0.25) is 9.59 Å². The molecular formula is C20H20F3N3O2. The Labute approximate surface area is 160 Å². The second kappa shape index (κ2) is 8.02. The summed E-state index contributed by atoms with van der Waals surface area (Å²) in [5, 5.41) is 3.20. The molecule has 3 N–H and O–H groups in total. The molecule has 0 atom stereocenters. The average molecular weight is 391 g/mol. The molecule has 2 aromatic rings. The predicted octanol–water partition coefficient (Wildman–Crippen LogP) is 4.05. The van der Waals surface area contributed by atoms with Crippen LogP contribution < -0.4 is 16.0 Å². The number of imide groups is 1. The van der Waals surface area contributed by atoms with Crippen LogP contribution in [0.4, 0.5) is 24.5 Å². The molecule has 0 aromatic heterocycles. The van der Waals surface area contributed by atoms with Gasteiger partial charge in [-0.05, 0) is 61.9 Å². The summed E-state index contributed by atoms with van der Waals surface area (Å²) in [5.74, 6) is -1.10. The van der Waals surface area contributed by atoms with E-state index < -0.39 is 23.6 Å². The number of nitrogens with one attached hydrogen (secondary N) is 1. The zero-order valence-electron chi connectivity index (χ0n) is 15.1. The van der Waals surface area contributed by atoms with E-state index in [-0.39, 0.29) is 16.8 Å². The molecule has 148 valence electrons. The van der Waals surface area contributed by atoms with Gasteiger partial charge in [-0.25, -0.2) is 4.90 Å². The number of fused-ring (bicyclic) bond motifs is 1. The predicted molar refractivity (Wildman–Crippen MR) is 100 cm³/mol. The maximum Gasteiger partial charge on any atom is 0.416 e. The topological polar surface area (TPSA) is 75.4 Å². The lowest BCUT2D eigenvalue weighted by Gasteiger charge is -2.15. The number of halogens is 3. The van der Waals surface area contributed by atoms with Crippen molar-refractivity contribution in [3.05, 3.63) is 59.2 Å². The summed E-state index contributed by atoms with van der Waals surface area (Å²) in [6, 6.07) is 8.83. The number of alkyl halides is 3. The number of nitrogens with zero attached hydrogens (tertiary/aromatic N) is 1. The molecule has 1 aliphatic heterocycles. The Morgan fingerprint density at radius 1 is 0.893 bits per heavy atom. The van der Waals surface area contributed by atoms with Crippen LogP contribution in [-0.2, 0) is 6.18 Å². The molecule has 5 nitrogen and oxygen atoms in total. The fourth-order valence-electron chi connectivity index (χ4n) is 3.06. The highest BCUT2D eigenvalue weighted by Crippen LogP contribution is 2.33. The van der Waals surface area contributed by atoms with Crippen molar-refractivity contribution in [1.82, 2.24) is 0 Å². The Bertz CT molecular complexity index is 879. The van der Waals surface area contributed by atoms with Crippen LogP contribution in [-0.4, -0.2) is 24.9 Å². The maximum atomic E-state index is 12.7. The number of benzene rings is 2. The molecule has 0 radical (unpaired) electrons. The Balaban J connectivity index is 1.76. The minimum Gasteiger partial charge on any atom is -0.385 e. The van der Waals surface area contributed by atoms with E-state index in [1.165, 1.54) is 0 Å². The SMILES string of the molecule is NCCCCCNc1ccc2c(c1)C(=O)N(c1ccc(C(F)(F)F)cc1)C2=O. The normalized spacial score (nSPS) is 13.8. The molecule has 0 unspecified atom stereocenters. The van der Waals surface area contributed by atoms with Crippen molar-refractivity contribution < 1.29 is 22.8 Å². The third-order valence-corrected chi connectivity index (χ3v) is 4.55. The summed E-state index contributed by atoms with van der Waals surface area (Å²) >= 11 is 0. The molecule has 2 aromatic carbocycles. The van der Waals surface area contributed by atoms with Gasteiger partial charge in [0.25, 0.3) is 11.8 Å². The number of anilines is 2. The van der Waals surface area contributed by atoms with E-state index in [1.54, 1.807) is 18.2 Å². The largest absolute Gasteiger partial charge is 0.416 e. The minimum absolute atomic E-state index is 0.107. The molecule has 0 bridgehead atoms. The molecule has 2 amide bonds. The van der Waals surface area contributed by atoms with Crippen molar-refractivity contribution in [2.75, 3.05) is 23.3 Å². The molecule has 0 aliphatic carbocycles. The fourth-order valence-corrected chi connectivity index (χ4v) is 3.06. The van der Waals surface area contributed by atoms with Crippen molar-refractivity contribution in [1.29, 1.82) is 0 Å². The molecule has 1 aliphatic rings. The summed E-state index contributed by atoms with van der Waals surface area (Å²) in [4.78, 5) is 26.2. The third kappa shape index (κ3) is 4.01. The highest BCUT2D eigenvalue weighted by Gasteiger charge is 2.37. The van der Waals surface area contributed by atoms with Crippen molar-refractivity contribution in [2.24, 2.45) is 5.73 Å². The highest BCUT2D eigenvalue weighted by atomic mass is 19.4. The number of amides is 2. The lowest BCUT2D eigenvalue weighted by Crippen LogP contribution is -2.29. The zero-order chi connectivity index (χ0) is 20.3. The second-order valence-electron chi connectivity index (χ2n) is 6.53. The maximum absolute atomic E-state index is 12.7. The first-order valence-electron chi connectivity index (χ1n) is 8.97. The second-order valence-corrected chi connectivity index (χ2v) is 6.53. The van der Waals surface area contributed by atoms with E-state index in [0.717, 1.165) is 48.4 Å². The van der Waals surface area contributed by atoms with Gasteiger partial charge in [-0.15, -0.1) is 0 Å². The fraction of sp³-hybridized carbons (Fsp3) is 0.300. The summed E-state index contributed by atoms with van der Waals surface area (Å²) in [5.41, 5.74) is 5.90. The van der Waals surface area contributed by atoms with Crippen molar-refractivity contribution in [3.8, 4) is 0 Å². The van der Waals surface area contributed by atoms with Gasteiger partial charge < -0.3 is 11.1 Å². The number of rotatable bonds is 7. The summed E-state index contributed by atoms with van der Waals surface area (Å²) in [6.07, 6.45) is -1.61. The molecule has 28 heavy (non-hydrogen) atoms. The van der Waals surface area contributed by atoms with Gasteiger partial charge in [0.1, 0.15) is 0 Å². The van der Waals surface area contributed by atoms with E-state index in [2.05, 4.69) is 5.32 Å². The Morgan fingerprint density at radius 2 is 1.57 bits per heavy atom. The Kier molecular flexibility index (Phi) is 5.69. The Morgan fingerprint density at radius 3 is 2.21 bits per heavy atom. The lowest BCUT2D eigenvalue weighted by molar-refractivity contribution is -0.137. The monoisotopic (exact) mass is 391 g/mol. The van der Waals surface area contributed by atoms with Gasteiger partial charge in [0, 0.05) is 12.2 Å². The molecular weight excluding hydrogens is 371 g/mol. The first-order valence-corrected chi connectivity index (χ1v) is 8.97. The van der Waals surface area contributed by atoms with Crippen LogP contribution in [0, 0.1) is 0 Å². The lowest BCUT2D eigenvalue weighted by atomic mass is 10.1. The van der Waals surface area contributed by atoms with Crippen LogP contribution in [0.3, 0.4) is 0 Å². The smallest absolute Gasteiger partial charge is 0.385 e. The standard InChI is InChI=1S/C20H20F3N3O2/c21-20(22,23)13-4-7-15(8-5-13)26-18(27)16-9-6-14(12-17(16)19(26)28)25-11-3-1-2-10-24/h4-9,12,25H,1-3,10-11,24H2. The van der Waals surface area contributed by atoms with Gasteiger partial charge in [-0.1, -0.05) is 6.42 Å². The highest BCUT2D eigenvalue weighted by molar-refractivity contribution is 6.34. The van der Waals surface area contributed by atoms with Crippen LogP contribution in [0.2, 0.25) is 0 Å². The van der Waals surface area contributed by atoms with Crippen LogP contribution in [0.15, 0.2) is 42.5 Å². The summed E-state index contributed by atoms with van der Waals surface area (Å²) in [6.45, 7) is 1.36. The first-order chi connectivity index (χ1) is 13.3. The van der Waals surface area contributed by atoms with Crippen LogP contribution in [0.25, 0.3) is 0 Å². The molecule has 0 saturated carbocycles. The number of carbonyl (C=O) groups excluding carboxylic acids is 2. The molecule has 0 fully saturated rings. The van der Waals surface area contributed by atoms with Gasteiger partial charge in [0.05, 0.1) is 22.4 Å². The van der Waals surface area contributed by atoms with Crippen LogP contribution in [0.5, 0.6) is 0 Å². The van der Waals surface area contributed by atoms with E-state index >= 15 is 0 Å². The number of hydrogen-bond acceptors (Lipinski definition) is 4. The number of carbonyl (C=O) groups is 2. The van der Waals surface area contributed by atoms with Gasteiger partial charge in [-0.2, -0.15) is 13.2 Å². The van der Waals surface area contributed by atoms with E-state index in [9.17, 15) is 22.8 Å². The number of hydrogen-bond donors (Lipinski definition) is 2. The zero-order valence-corrected chi connectivity index (χ0v) is 15.1. The third-order valence-electron chi connectivity index (χ3n) is 4.55. The minimum atomic E-state index is -4.48. The Hall–Kier alpha value is -2.87. The van der Waals surface area contributed by atoms with E-state index in [0.29, 0.717) is 18.8 Å². The molecule has 1 heterocycles. The first kappa shape index (κ1) is 19.9. The average Bonchev–Trinajstić information content (AvgIpc) is 2.91. The van der Waals surface area contributed by atoms with E-state index in [1.807, 2.05) is 0 Å². The summed E-state index contributed by atoms with van der Waals surface area (Å²) in [7, 11) is 0. The van der Waals surface area contributed by atoms with Crippen LogP contribution in [0.1, 0.15) is 45.5 Å².